The van der Waals surface area contributed by atoms with Crippen LogP contribution in [0, 0.1) is 5.92 Å². The quantitative estimate of drug-likeness (QED) is 0.309. The molecule has 0 spiro atoms. The van der Waals surface area contributed by atoms with Crippen LogP contribution in [0.4, 0.5) is 16.5 Å². The molecule has 4 aromatic rings. The first-order valence-corrected chi connectivity index (χ1v) is 13.4. The third kappa shape index (κ3) is 6.22. The number of thioether (sulfide) groups is 1. The first-order valence-electron chi connectivity index (χ1n) is 11.6. The predicted molar refractivity (Wildman–Crippen MR) is 146 cm³/mol. The highest BCUT2D eigenvalue weighted by Crippen LogP contribution is 2.27. The van der Waals surface area contributed by atoms with Gasteiger partial charge in [-0.15, -0.1) is 22.0 Å². The van der Waals surface area contributed by atoms with Crippen LogP contribution in [0.5, 0.6) is 0 Å². The fraction of sp³-hybridized carbons (Fsp3) is 0.148. The van der Waals surface area contributed by atoms with Crippen molar-refractivity contribution in [2.75, 3.05) is 22.1 Å². The van der Waals surface area contributed by atoms with E-state index in [9.17, 15) is 14.4 Å². The third-order valence-corrected chi connectivity index (χ3v) is 7.82. The fourth-order valence-corrected chi connectivity index (χ4v) is 5.52. The minimum atomic E-state index is -0.442. The molecule has 1 aliphatic rings. The molecule has 1 aromatic heterocycles. The molecule has 0 radical (unpaired) electrons. The van der Waals surface area contributed by atoms with Crippen LogP contribution < -0.4 is 15.5 Å². The molecule has 1 saturated heterocycles. The van der Waals surface area contributed by atoms with Crippen LogP contribution in [-0.2, 0) is 15.3 Å². The average Bonchev–Trinajstić information content (AvgIpc) is 3.55. The molecule has 0 aliphatic carbocycles. The van der Waals surface area contributed by atoms with Crippen molar-refractivity contribution in [2.45, 2.75) is 17.1 Å². The normalized spacial score (nSPS) is 15.0. The number of anilines is 3. The summed E-state index contributed by atoms with van der Waals surface area (Å²) < 4.78 is 0. The summed E-state index contributed by atoms with van der Waals surface area (Å²) in [6.45, 7) is 0.336. The van der Waals surface area contributed by atoms with Gasteiger partial charge in [0, 0.05) is 34.8 Å². The number of aromatic nitrogens is 2. The first kappa shape index (κ1) is 24.7. The minimum Gasteiger partial charge on any atom is -0.326 e. The van der Waals surface area contributed by atoms with Crippen molar-refractivity contribution in [1.29, 1.82) is 0 Å². The van der Waals surface area contributed by atoms with Gasteiger partial charge in [-0.1, -0.05) is 47.7 Å². The number of rotatable bonds is 8. The van der Waals surface area contributed by atoms with E-state index in [1.807, 2.05) is 60.7 Å². The molecule has 186 valence electrons. The van der Waals surface area contributed by atoms with E-state index in [-0.39, 0.29) is 24.1 Å². The van der Waals surface area contributed by atoms with Crippen LogP contribution in [0.2, 0.25) is 0 Å². The second-order valence-corrected chi connectivity index (χ2v) is 10.5. The van der Waals surface area contributed by atoms with E-state index >= 15 is 0 Å². The summed E-state index contributed by atoms with van der Waals surface area (Å²) in [5.41, 5.74) is 1.78. The molecule has 1 atom stereocenters. The Labute approximate surface area is 222 Å². The number of hydrogen-bond donors (Lipinski definition) is 2. The molecule has 1 unspecified atom stereocenters. The zero-order valence-electron chi connectivity index (χ0n) is 19.7. The highest BCUT2D eigenvalue weighted by atomic mass is 32.2. The Hall–Kier alpha value is -4.02. The molecule has 3 amide bonds. The van der Waals surface area contributed by atoms with Crippen molar-refractivity contribution < 1.29 is 14.4 Å². The second kappa shape index (κ2) is 11.4. The fourth-order valence-electron chi connectivity index (χ4n) is 3.88. The monoisotopic (exact) mass is 529 g/mol. The summed E-state index contributed by atoms with van der Waals surface area (Å²) in [6.07, 6.45) is 0.162. The Morgan fingerprint density at radius 3 is 2.35 bits per heavy atom. The second-order valence-electron chi connectivity index (χ2n) is 8.36. The lowest BCUT2D eigenvalue weighted by molar-refractivity contribution is -0.122. The van der Waals surface area contributed by atoms with Gasteiger partial charge in [-0.05, 0) is 48.5 Å². The number of carbonyl (C=O) groups excluding carboxylic acids is 3. The summed E-state index contributed by atoms with van der Waals surface area (Å²) >= 11 is 2.99. The summed E-state index contributed by atoms with van der Waals surface area (Å²) in [6, 6.07) is 25.9. The van der Waals surface area contributed by atoms with E-state index in [1.54, 1.807) is 40.9 Å². The lowest BCUT2D eigenvalue weighted by Crippen LogP contribution is -2.28. The SMILES string of the molecule is O=C(Nc1nnc(CSc2ccccc2)s1)c1ccc(NC(=O)C2CC(=O)N(c3ccccc3)C2)cc1. The topological polar surface area (TPSA) is 104 Å². The maximum absolute atomic E-state index is 12.8. The number of nitrogens with zero attached hydrogens (tertiary/aromatic N) is 3. The maximum Gasteiger partial charge on any atom is 0.257 e. The zero-order valence-corrected chi connectivity index (χ0v) is 21.3. The summed E-state index contributed by atoms with van der Waals surface area (Å²) in [5, 5.41) is 15.1. The molecular weight excluding hydrogens is 506 g/mol. The highest BCUT2D eigenvalue weighted by Gasteiger charge is 2.35. The number of nitrogens with one attached hydrogen (secondary N) is 2. The first-order chi connectivity index (χ1) is 18.0. The van der Waals surface area contributed by atoms with Crippen molar-refractivity contribution in [3.63, 3.8) is 0 Å². The number of para-hydroxylation sites is 1. The summed E-state index contributed by atoms with van der Waals surface area (Å²) in [7, 11) is 0. The van der Waals surface area contributed by atoms with E-state index in [2.05, 4.69) is 20.8 Å². The van der Waals surface area contributed by atoms with Crippen molar-refractivity contribution in [3.8, 4) is 0 Å². The van der Waals surface area contributed by atoms with E-state index in [1.165, 1.54) is 11.3 Å². The molecule has 5 rings (SSSR count). The van der Waals surface area contributed by atoms with Crippen LogP contribution >= 0.6 is 23.1 Å². The number of carbonyl (C=O) groups is 3. The van der Waals surface area contributed by atoms with Crippen molar-refractivity contribution in [1.82, 2.24) is 10.2 Å². The van der Waals surface area contributed by atoms with Gasteiger partial charge in [-0.3, -0.25) is 19.7 Å². The smallest absolute Gasteiger partial charge is 0.257 e. The van der Waals surface area contributed by atoms with Crippen LogP contribution in [0.3, 0.4) is 0 Å². The molecule has 37 heavy (non-hydrogen) atoms. The molecule has 0 saturated carbocycles. The maximum atomic E-state index is 12.8. The van der Waals surface area contributed by atoms with Gasteiger partial charge in [-0.2, -0.15) is 0 Å². The van der Waals surface area contributed by atoms with E-state index < -0.39 is 5.92 Å². The molecule has 10 heteroatoms. The molecular formula is C27H23N5O3S2. The van der Waals surface area contributed by atoms with Gasteiger partial charge in [0.25, 0.3) is 5.91 Å². The average molecular weight is 530 g/mol. The van der Waals surface area contributed by atoms with E-state index in [0.29, 0.717) is 28.7 Å². The van der Waals surface area contributed by atoms with Crippen LogP contribution in [0.25, 0.3) is 0 Å². The predicted octanol–water partition coefficient (Wildman–Crippen LogP) is 5.07. The van der Waals surface area contributed by atoms with E-state index in [0.717, 1.165) is 15.6 Å². The molecule has 0 bridgehead atoms. The van der Waals surface area contributed by atoms with Crippen molar-refractivity contribution in [3.05, 3.63) is 95.5 Å². The Morgan fingerprint density at radius 1 is 0.919 bits per heavy atom. The van der Waals surface area contributed by atoms with Gasteiger partial charge in [-0.25, -0.2) is 0 Å². The minimum absolute atomic E-state index is 0.0723. The zero-order chi connectivity index (χ0) is 25.6. The van der Waals surface area contributed by atoms with Crippen LogP contribution in [0.1, 0.15) is 21.8 Å². The number of amides is 3. The molecule has 1 fully saturated rings. The van der Waals surface area contributed by atoms with Gasteiger partial charge in [0.2, 0.25) is 16.9 Å². The Kier molecular flexibility index (Phi) is 7.57. The van der Waals surface area contributed by atoms with Gasteiger partial charge >= 0.3 is 0 Å². The van der Waals surface area contributed by atoms with Crippen LogP contribution in [0.15, 0.2) is 89.8 Å². The third-order valence-electron chi connectivity index (χ3n) is 5.77. The Bertz CT molecular complexity index is 1390. The molecule has 1 aliphatic heterocycles. The summed E-state index contributed by atoms with van der Waals surface area (Å²) in [4.78, 5) is 40.6. The Morgan fingerprint density at radius 2 is 1.62 bits per heavy atom. The standard InChI is InChI=1S/C27H23N5O3S2/c33-24-15-19(16-32(24)21-7-3-1-4-8-21)26(35)28-20-13-11-18(12-14-20)25(34)29-27-31-30-23(37-27)17-36-22-9-5-2-6-10-22/h1-14,19H,15-17H2,(H,28,35)(H,29,31,34). The van der Waals surface area contributed by atoms with Crippen molar-refractivity contribution >= 4 is 57.3 Å². The molecule has 2 N–H and O–H groups in total. The lowest BCUT2D eigenvalue weighted by atomic mass is 10.1. The van der Waals surface area contributed by atoms with Crippen molar-refractivity contribution in [2.24, 2.45) is 5.92 Å². The summed E-state index contributed by atoms with van der Waals surface area (Å²) in [5.74, 6) is -0.379. The van der Waals surface area contributed by atoms with Gasteiger partial charge < -0.3 is 10.2 Å². The van der Waals surface area contributed by atoms with Gasteiger partial charge in [0.15, 0.2) is 0 Å². The van der Waals surface area contributed by atoms with Gasteiger partial charge in [0.05, 0.1) is 11.7 Å². The molecule has 2 heterocycles. The number of benzene rings is 3. The lowest BCUT2D eigenvalue weighted by Gasteiger charge is -2.16. The van der Waals surface area contributed by atoms with Gasteiger partial charge in [0.1, 0.15) is 5.01 Å². The Balaban J connectivity index is 1.13. The largest absolute Gasteiger partial charge is 0.326 e. The highest BCUT2D eigenvalue weighted by molar-refractivity contribution is 7.98. The van der Waals surface area contributed by atoms with Crippen LogP contribution in [-0.4, -0.2) is 34.5 Å². The molecule has 3 aromatic carbocycles. The molecule has 8 nitrogen and oxygen atoms in total. The van der Waals surface area contributed by atoms with E-state index in [4.69, 9.17) is 0 Å². The number of hydrogen-bond acceptors (Lipinski definition) is 7.